The molecule has 4 heteroatoms. The monoisotopic (exact) mass is 240 g/mol. The lowest BCUT2D eigenvalue weighted by atomic mass is 10.0. The first-order valence-corrected chi connectivity index (χ1v) is 5.79. The second-order valence-electron chi connectivity index (χ2n) is 4.30. The Bertz CT molecular complexity index is 598. The normalized spacial score (nSPS) is 17.6. The second kappa shape index (κ2) is 4.23. The summed E-state index contributed by atoms with van der Waals surface area (Å²) in [4.78, 5) is 11.1. The maximum absolute atomic E-state index is 11.1. The Labute approximate surface area is 104 Å². The van der Waals surface area contributed by atoms with E-state index in [1.54, 1.807) is 6.07 Å². The lowest BCUT2D eigenvalue weighted by Crippen LogP contribution is -2.09. The fourth-order valence-electron chi connectivity index (χ4n) is 2.39. The number of fused-ring (bicyclic) bond motifs is 2. The van der Waals surface area contributed by atoms with Crippen molar-refractivity contribution < 1.29 is 5.11 Å². The van der Waals surface area contributed by atoms with Crippen molar-refractivity contribution in [3.63, 3.8) is 0 Å². The molecule has 1 aliphatic rings. The molecule has 1 unspecified atom stereocenters. The molecule has 1 heterocycles. The number of rotatable bonds is 1. The summed E-state index contributed by atoms with van der Waals surface area (Å²) in [6.07, 6.45) is -0.131. The van der Waals surface area contributed by atoms with Gasteiger partial charge in [0.15, 0.2) is 0 Å². The van der Waals surface area contributed by atoms with Gasteiger partial charge in [0.2, 0.25) is 0 Å². The summed E-state index contributed by atoms with van der Waals surface area (Å²) >= 11 is 0. The molecule has 4 nitrogen and oxygen atoms in total. The Morgan fingerprint density at radius 1 is 1.06 bits per heavy atom. The number of benzene rings is 2. The summed E-state index contributed by atoms with van der Waals surface area (Å²) in [5, 5.41) is 14.7. The smallest absolute Gasteiger partial charge is 0.0852 e. The third-order valence-electron chi connectivity index (χ3n) is 3.24. The Morgan fingerprint density at radius 3 is 2.50 bits per heavy atom. The highest BCUT2D eigenvalue weighted by Gasteiger charge is 2.25. The van der Waals surface area contributed by atoms with Gasteiger partial charge in [0.25, 0.3) is 0 Å². The first-order valence-electron chi connectivity index (χ1n) is 5.79. The summed E-state index contributed by atoms with van der Waals surface area (Å²) in [6.45, 7) is 0. The zero-order valence-electron chi connectivity index (χ0n) is 9.65. The van der Waals surface area contributed by atoms with Crippen molar-refractivity contribution in [1.29, 1.82) is 0 Å². The molecule has 1 aliphatic heterocycles. The molecule has 0 radical (unpaired) electrons. The molecule has 3 rings (SSSR count). The third kappa shape index (κ3) is 1.58. The third-order valence-corrected chi connectivity index (χ3v) is 3.24. The highest BCUT2D eigenvalue weighted by Crippen LogP contribution is 2.39. The second-order valence-corrected chi connectivity index (χ2v) is 4.30. The van der Waals surface area contributed by atoms with Crippen LogP contribution in [0.15, 0.2) is 53.8 Å². The maximum atomic E-state index is 11.1. The van der Waals surface area contributed by atoms with Crippen LogP contribution in [-0.4, -0.2) is 5.11 Å². The van der Waals surface area contributed by atoms with Crippen molar-refractivity contribution in [3.8, 4) is 0 Å². The van der Waals surface area contributed by atoms with Crippen LogP contribution in [0.1, 0.15) is 17.2 Å². The predicted molar refractivity (Wildman–Crippen MR) is 69.5 cm³/mol. The zero-order valence-corrected chi connectivity index (χ0v) is 9.65. The Morgan fingerprint density at radius 2 is 1.72 bits per heavy atom. The fraction of sp³-hybridized carbons (Fsp3) is 0.143. The first kappa shape index (κ1) is 10.9. The Hall–Kier alpha value is -2.20. The van der Waals surface area contributed by atoms with E-state index in [0.717, 1.165) is 16.8 Å². The van der Waals surface area contributed by atoms with E-state index in [1.165, 1.54) is 5.01 Å². The van der Waals surface area contributed by atoms with Crippen molar-refractivity contribution in [2.24, 2.45) is 5.29 Å². The van der Waals surface area contributed by atoms with Gasteiger partial charge in [0, 0.05) is 12.0 Å². The van der Waals surface area contributed by atoms with E-state index in [2.05, 4.69) is 5.29 Å². The van der Waals surface area contributed by atoms with E-state index in [4.69, 9.17) is 0 Å². The van der Waals surface area contributed by atoms with E-state index in [0.29, 0.717) is 12.1 Å². The van der Waals surface area contributed by atoms with Gasteiger partial charge < -0.3 is 5.11 Å². The van der Waals surface area contributed by atoms with Crippen molar-refractivity contribution >= 4 is 11.4 Å². The van der Waals surface area contributed by atoms with Crippen molar-refractivity contribution in [2.75, 3.05) is 5.01 Å². The average molecular weight is 240 g/mol. The topological polar surface area (TPSA) is 52.9 Å². The van der Waals surface area contributed by atoms with Crippen LogP contribution in [0.5, 0.6) is 0 Å². The van der Waals surface area contributed by atoms with Crippen molar-refractivity contribution in [1.82, 2.24) is 0 Å². The van der Waals surface area contributed by atoms with Gasteiger partial charge in [0.05, 0.1) is 22.8 Å². The molecule has 2 aromatic rings. The summed E-state index contributed by atoms with van der Waals surface area (Å²) in [5.41, 5.74) is 3.02. The highest BCUT2D eigenvalue weighted by molar-refractivity contribution is 5.70. The van der Waals surface area contributed by atoms with Crippen LogP contribution in [-0.2, 0) is 6.42 Å². The van der Waals surface area contributed by atoms with Crippen molar-refractivity contribution in [3.05, 3.63) is 64.6 Å². The van der Waals surface area contributed by atoms with Crippen LogP contribution in [0.3, 0.4) is 0 Å². The van der Waals surface area contributed by atoms with Gasteiger partial charge in [-0.1, -0.05) is 36.4 Å². The van der Waals surface area contributed by atoms with Crippen molar-refractivity contribution in [2.45, 2.75) is 12.5 Å². The molecule has 0 bridgehead atoms. The van der Waals surface area contributed by atoms with E-state index in [-0.39, 0.29) is 0 Å². The quantitative estimate of drug-likeness (QED) is 0.779. The number of hydrogen-bond donors (Lipinski definition) is 1. The fourth-order valence-corrected chi connectivity index (χ4v) is 2.39. The van der Waals surface area contributed by atoms with Crippen LogP contribution < -0.4 is 5.01 Å². The maximum Gasteiger partial charge on any atom is 0.0852 e. The number of aliphatic hydroxyl groups excluding tert-OH is 1. The van der Waals surface area contributed by atoms with Crippen LogP contribution in [0.4, 0.5) is 11.4 Å². The first-order chi connectivity index (χ1) is 8.81. The van der Waals surface area contributed by atoms with E-state index < -0.39 is 6.10 Å². The summed E-state index contributed by atoms with van der Waals surface area (Å²) < 4.78 is 0. The average Bonchev–Trinajstić information content (AvgIpc) is 2.53. The summed E-state index contributed by atoms with van der Waals surface area (Å²) in [7, 11) is 0. The molecule has 0 spiro atoms. The molecule has 0 aromatic heterocycles. The number of hydrogen-bond acceptors (Lipinski definition) is 3. The minimum Gasteiger partial charge on any atom is -0.388 e. The van der Waals surface area contributed by atoms with Gasteiger partial charge in [-0.25, -0.2) is 0 Å². The molecule has 2 aromatic carbocycles. The molecule has 0 fully saturated rings. The molecule has 0 aliphatic carbocycles. The van der Waals surface area contributed by atoms with Crippen LogP contribution in [0, 0.1) is 4.91 Å². The molecular formula is C14H12N2O2. The molecule has 18 heavy (non-hydrogen) atoms. The van der Waals surface area contributed by atoms with Gasteiger partial charge in [0.1, 0.15) is 0 Å². The van der Waals surface area contributed by atoms with Crippen LogP contribution in [0.25, 0.3) is 0 Å². The van der Waals surface area contributed by atoms with Gasteiger partial charge >= 0.3 is 0 Å². The molecule has 90 valence electrons. The lowest BCUT2D eigenvalue weighted by Gasteiger charge is -2.17. The van der Waals surface area contributed by atoms with E-state index in [1.807, 2.05) is 42.5 Å². The van der Waals surface area contributed by atoms with Crippen LogP contribution in [0.2, 0.25) is 0 Å². The molecule has 1 atom stereocenters. The molecule has 0 saturated heterocycles. The van der Waals surface area contributed by atoms with Gasteiger partial charge in [-0.3, -0.25) is 0 Å². The van der Waals surface area contributed by atoms with E-state index >= 15 is 0 Å². The lowest BCUT2D eigenvalue weighted by molar-refractivity contribution is 0.180. The summed E-state index contributed by atoms with van der Waals surface area (Å²) in [6, 6.07) is 14.8. The molecular weight excluding hydrogens is 228 g/mol. The standard InChI is InChI=1S/C14H12N2O2/c17-14-9-10-5-1-3-7-12(10)16(15-18)13-8-4-2-6-11(13)14/h1-8,14,17H,9H2. The van der Waals surface area contributed by atoms with Gasteiger partial charge in [-0.15, -0.1) is 4.91 Å². The molecule has 0 amide bonds. The highest BCUT2D eigenvalue weighted by atomic mass is 16.3. The Balaban J connectivity index is 2.26. The number of nitroso groups, excluding NO2 is 1. The largest absolute Gasteiger partial charge is 0.388 e. The van der Waals surface area contributed by atoms with Crippen LogP contribution >= 0.6 is 0 Å². The number of nitrogens with zero attached hydrogens (tertiary/aromatic N) is 2. The minimum absolute atomic E-state index is 0.485. The van der Waals surface area contributed by atoms with E-state index in [9.17, 15) is 10.0 Å². The van der Waals surface area contributed by atoms with Gasteiger partial charge in [-0.2, -0.15) is 5.01 Å². The Kier molecular flexibility index (Phi) is 2.57. The molecule has 0 saturated carbocycles. The van der Waals surface area contributed by atoms with Gasteiger partial charge in [-0.05, 0) is 17.7 Å². The SMILES string of the molecule is O=NN1c2ccccc2CC(O)c2ccccc21. The number of anilines is 2. The number of para-hydroxylation sites is 2. The predicted octanol–water partition coefficient (Wildman–Crippen LogP) is 3.10. The molecule has 1 N–H and O–H groups in total. The minimum atomic E-state index is -0.617. The summed E-state index contributed by atoms with van der Waals surface area (Å²) in [5.74, 6) is 0. The zero-order chi connectivity index (χ0) is 12.5. The number of aliphatic hydroxyl groups is 1.